The van der Waals surface area contributed by atoms with Crippen LogP contribution < -0.4 is 10.1 Å². The Balaban J connectivity index is 1.99. The fourth-order valence-electron chi connectivity index (χ4n) is 2.98. The Kier molecular flexibility index (Phi) is 5.92. The monoisotopic (exact) mass is 321 g/mol. The summed E-state index contributed by atoms with van der Waals surface area (Å²) in [7, 11) is 1.43. The number of carbonyl (C=O) groups is 1. The summed E-state index contributed by atoms with van der Waals surface area (Å²) in [5.41, 5.74) is 0.898. The molecule has 2 rings (SSSR count). The molecule has 7 nitrogen and oxygen atoms in total. The van der Waals surface area contributed by atoms with Crippen molar-refractivity contribution in [2.75, 3.05) is 26.7 Å². The van der Waals surface area contributed by atoms with Crippen molar-refractivity contribution in [1.29, 1.82) is 0 Å². The van der Waals surface area contributed by atoms with Gasteiger partial charge in [0.25, 0.3) is 0 Å². The molecular formula is C16H23N3O4. The molecule has 0 saturated carbocycles. The molecule has 1 N–H and O–H groups in total. The van der Waals surface area contributed by atoms with E-state index in [0.29, 0.717) is 19.0 Å². The zero-order valence-corrected chi connectivity index (χ0v) is 13.6. The standard InChI is InChI=1S/C16H23N3O4/c1-12(20)17-9-14-4-3-7-18(11-14)10-13-5-6-16(23-2)15(8-13)19(21)22/h5-6,8,14H,3-4,7,9-11H2,1-2H3,(H,17,20). The second-order valence-electron chi connectivity index (χ2n) is 5.94. The molecule has 1 fully saturated rings. The molecule has 0 aromatic heterocycles. The normalized spacial score (nSPS) is 18.4. The minimum Gasteiger partial charge on any atom is -0.490 e. The van der Waals surface area contributed by atoms with E-state index < -0.39 is 4.92 Å². The molecule has 1 unspecified atom stereocenters. The van der Waals surface area contributed by atoms with Crippen LogP contribution >= 0.6 is 0 Å². The van der Waals surface area contributed by atoms with Gasteiger partial charge in [-0.15, -0.1) is 0 Å². The fraction of sp³-hybridized carbons (Fsp3) is 0.562. The number of methoxy groups -OCH3 is 1. The van der Waals surface area contributed by atoms with Gasteiger partial charge in [0.05, 0.1) is 12.0 Å². The Labute approximate surface area is 135 Å². The number of nitro groups is 1. The number of hydrogen-bond acceptors (Lipinski definition) is 5. The van der Waals surface area contributed by atoms with Crippen molar-refractivity contribution >= 4 is 11.6 Å². The van der Waals surface area contributed by atoms with E-state index in [1.165, 1.54) is 14.0 Å². The topological polar surface area (TPSA) is 84.7 Å². The molecule has 126 valence electrons. The maximum Gasteiger partial charge on any atom is 0.311 e. The smallest absolute Gasteiger partial charge is 0.311 e. The zero-order chi connectivity index (χ0) is 16.8. The van der Waals surface area contributed by atoms with Crippen LogP contribution in [0.3, 0.4) is 0 Å². The lowest BCUT2D eigenvalue weighted by Crippen LogP contribution is -2.40. The van der Waals surface area contributed by atoms with Gasteiger partial charge in [-0.1, -0.05) is 6.07 Å². The fourth-order valence-corrected chi connectivity index (χ4v) is 2.98. The molecule has 1 heterocycles. The number of nitrogens with zero attached hydrogens (tertiary/aromatic N) is 2. The minimum absolute atomic E-state index is 0.00296. The van der Waals surface area contributed by atoms with Gasteiger partial charge < -0.3 is 10.1 Å². The first-order valence-corrected chi connectivity index (χ1v) is 7.77. The van der Waals surface area contributed by atoms with E-state index in [1.54, 1.807) is 12.1 Å². The highest BCUT2D eigenvalue weighted by Gasteiger charge is 2.21. The highest BCUT2D eigenvalue weighted by atomic mass is 16.6. The molecule has 1 aliphatic heterocycles. The molecule has 0 radical (unpaired) electrons. The van der Waals surface area contributed by atoms with E-state index in [9.17, 15) is 14.9 Å². The van der Waals surface area contributed by atoms with Crippen LogP contribution in [0.15, 0.2) is 18.2 Å². The minimum atomic E-state index is -0.419. The summed E-state index contributed by atoms with van der Waals surface area (Å²) < 4.78 is 5.03. The number of likely N-dealkylation sites (tertiary alicyclic amines) is 1. The number of nitro benzene ring substituents is 1. The molecule has 0 bridgehead atoms. The van der Waals surface area contributed by atoms with Gasteiger partial charge in [-0.05, 0) is 36.9 Å². The van der Waals surface area contributed by atoms with Crippen molar-refractivity contribution in [2.45, 2.75) is 26.3 Å². The second-order valence-corrected chi connectivity index (χ2v) is 5.94. The molecule has 1 atom stereocenters. The lowest BCUT2D eigenvalue weighted by atomic mass is 9.97. The summed E-state index contributed by atoms with van der Waals surface area (Å²) >= 11 is 0. The second kappa shape index (κ2) is 7.92. The van der Waals surface area contributed by atoms with E-state index in [-0.39, 0.29) is 17.3 Å². The predicted molar refractivity (Wildman–Crippen MR) is 86.3 cm³/mol. The Bertz CT molecular complexity index is 576. The Morgan fingerprint density at radius 1 is 1.52 bits per heavy atom. The van der Waals surface area contributed by atoms with Gasteiger partial charge >= 0.3 is 5.69 Å². The maximum absolute atomic E-state index is 11.1. The van der Waals surface area contributed by atoms with E-state index >= 15 is 0 Å². The van der Waals surface area contributed by atoms with Crippen molar-refractivity contribution in [3.8, 4) is 5.75 Å². The van der Waals surface area contributed by atoms with Crippen LogP contribution in [0.4, 0.5) is 5.69 Å². The average Bonchev–Trinajstić information content (AvgIpc) is 2.53. The number of piperidine rings is 1. The van der Waals surface area contributed by atoms with Crippen molar-refractivity contribution < 1.29 is 14.5 Å². The van der Waals surface area contributed by atoms with Gasteiger partial charge in [-0.3, -0.25) is 19.8 Å². The van der Waals surface area contributed by atoms with Crippen LogP contribution in [0.1, 0.15) is 25.3 Å². The van der Waals surface area contributed by atoms with Gasteiger partial charge in [0, 0.05) is 32.6 Å². The van der Waals surface area contributed by atoms with Crippen LogP contribution in [0, 0.1) is 16.0 Å². The Morgan fingerprint density at radius 3 is 2.96 bits per heavy atom. The summed E-state index contributed by atoms with van der Waals surface area (Å²) in [6.07, 6.45) is 2.17. The van der Waals surface area contributed by atoms with Gasteiger partial charge in [0.2, 0.25) is 5.91 Å². The first-order valence-electron chi connectivity index (χ1n) is 7.77. The molecule has 0 spiro atoms. The number of nitrogens with one attached hydrogen (secondary N) is 1. The lowest BCUT2D eigenvalue weighted by Gasteiger charge is -2.32. The van der Waals surface area contributed by atoms with Gasteiger partial charge in [0.1, 0.15) is 0 Å². The van der Waals surface area contributed by atoms with Crippen LogP contribution in [0.5, 0.6) is 5.75 Å². The molecular weight excluding hydrogens is 298 g/mol. The maximum atomic E-state index is 11.1. The lowest BCUT2D eigenvalue weighted by molar-refractivity contribution is -0.385. The van der Waals surface area contributed by atoms with Crippen LogP contribution in [-0.2, 0) is 11.3 Å². The third-order valence-corrected chi connectivity index (χ3v) is 4.09. The van der Waals surface area contributed by atoms with Crippen molar-refractivity contribution in [3.05, 3.63) is 33.9 Å². The van der Waals surface area contributed by atoms with E-state index in [2.05, 4.69) is 10.2 Å². The summed E-state index contributed by atoms with van der Waals surface area (Å²) in [6, 6.07) is 5.09. The molecule has 1 aromatic rings. The quantitative estimate of drug-likeness (QED) is 0.639. The summed E-state index contributed by atoms with van der Waals surface area (Å²) in [6.45, 7) is 4.74. The first-order chi connectivity index (χ1) is 11.0. The third kappa shape index (κ3) is 4.92. The van der Waals surface area contributed by atoms with Crippen molar-refractivity contribution in [1.82, 2.24) is 10.2 Å². The summed E-state index contributed by atoms with van der Waals surface area (Å²) in [4.78, 5) is 24.0. The van der Waals surface area contributed by atoms with Crippen LogP contribution in [-0.4, -0.2) is 42.5 Å². The Hall–Kier alpha value is -2.15. The number of carbonyl (C=O) groups excluding carboxylic acids is 1. The third-order valence-electron chi connectivity index (χ3n) is 4.09. The molecule has 1 aliphatic rings. The summed E-state index contributed by atoms with van der Waals surface area (Å²) in [5, 5.41) is 14.0. The SMILES string of the molecule is COc1ccc(CN2CCCC(CNC(C)=O)C2)cc1[N+](=O)[O-]. The van der Waals surface area contributed by atoms with E-state index in [4.69, 9.17) is 4.74 Å². The zero-order valence-electron chi connectivity index (χ0n) is 13.6. The highest BCUT2D eigenvalue weighted by Crippen LogP contribution is 2.28. The number of ether oxygens (including phenoxy) is 1. The van der Waals surface area contributed by atoms with Gasteiger partial charge in [-0.25, -0.2) is 0 Å². The number of benzene rings is 1. The number of amides is 1. The number of hydrogen-bond donors (Lipinski definition) is 1. The van der Waals surface area contributed by atoms with Crippen LogP contribution in [0.2, 0.25) is 0 Å². The van der Waals surface area contributed by atoms with Gasteiger partial charge in [0.15, 0.2) is 5.75 Å². The van der Waals surface area contributed by atoms with Gasteiger partial charge in [-0.2, -0.15) is 0 Å². The Morgan fingerprint density at radius 2 is 2.30 bits per heavy atom. The molecule has 7 heteroatoms. The van der Waals surface area contributed by atoms with Crippen molar-refractivity contribution in [3.63, 3.8) is 0 Å². The highest BCUT2D eigenvalue weighted by molar-refractivity contribution is 5.72. The summed E-state index contributed by atoms with van der Waals surface area (Å²) in [5.74, 6) is 0.703. The van der Waals surface area contributed by atoms with E-state index in [0.717, 1.165) is 31.5 Å². The van der Waals surface area contributed by atoms with E-state index in [1.807, 2.05) is 6.07 Å². The average molecular weight is 321 g/mol. The van der Waals surface area contributed by atoms with Crippen molar-refractivity contribution in [2.24, 2.45) is 5.92 Å². The molecule has 1 aromatic carbocycles. The molecule has 23 heavy (non-hydrogen) atoms. The number of rotatable bonds is 6. The molecule has 1 amide bonds. The first kappa shape index (κ1) is 17.2. The largest absolute Gasteiger partial charge is 0.490 e. The van der Waals surface area contributed by atoms with Crippen LogP contribution in [0.25, 0.3) is 0 Å². The molecule has 1 saturated heterocycles. The molecule has 0 aliphatic carbocycles. The predicted octanol–water partition coefficient (Wildman–Crippen LogP) is 1.95.